The number of aldehydes is 1. The lowest BCUT2D eigenvalue weighted by Gasteiger charge is -2.42. The normalized spacial score (nSPS) is 23.0. The van der Waals surface area contributed by atoms with Gasteiger partial charge < -0.3 is 9.88 Å². The molecule has 110 valence electrons. The quantitative estimate of drug-likeness (QED) is 0.876. The number of aromatic amines is 1. The molecule has 0 spiro atoms. The summed E-state index contributed by atoms with van der Waals surface area (Å²) < 4.78 is 0. The van der Waals surface area contributed by atoms with Gasteiger partial charge in [0.25, 0.3) is 0 Å². The molecule has 1 aromatic heterocycles. The molecule has 2 aliphatic heterocycles. The van der Waals surface area contributed by atoms with Crippen LogP contribution in [0.25, 0.3) is 10.9 Å². The van der Waals surface area contributed by atoms with Gasteiger partial charge in [0, 0.05) is 36.6 Å². The summed E-state index contributed by atoms with van der Waals surface area (Å²) in [5, 5.41) is 1.22. The van der Waals surface area contributed by atoms with E-state index in [-0.39, 0.29) is 0 Å². The predicted molar refractivity (Wildman–Crippen MR) is 83.7 cm³/mol. The summed E-state index contributed by atoms with van der Waals surface area (Å²) in [7, 11) is 2.22. The third kappa shape index (κ3) is 2.19. The average Bonchev–Trinajstić information content (AvgIpc) is 2.94. The number of nitrogens with zero attached hydrogens (tertiary/aromatic N) is 2. The summed E-state index contributed by atoms with van der Waals surface area (Å²) in [6, 6.07) is 7.05. The van der Waals surface area contributed by atoms with Gasteiger partial charge in [-0.1, -0.05) is 6.07 Å². The first-order valence-electron chi connectivity index (χ1n) is 7.76. The van der Waals surface area contributed by atoms with Crippen molar-refractivity contribution in [2.24, 2.45) is 0 Å². The third-order valence-corrected chi connectivity index (χ3v) is 5.15. The van der Waals surface area contributed by atoms with Crippen LogP contribution in [0.15, 0.2) is 18.2 Å². The van der Waals surface area contributed by atoms with Crippen LogP contribution in [0.3, 0.4) is 0 Å². The Morgan fingerprint density at radius 3 is 3.00 bits per heavy atom. The van der Waals surface area contributed by atoms with Crippen LogP contribution in [0.2, 0.25) is 0 Å². The molecule has 1 N–H and O–H groups in total. The van der Waals surface area contributed by atoms with Crippen LogP contribution in [-0.2, 0) is 13.0 Å². The molecule has 1 aromatic carbocycles. The van der Waals surface area contributed by atoms with E-state index in [1.807, 2.05) is 6.07 Å². The van der Waals surface area contributed by atoms with Crippen LogP contribution < -0.4 is 0 Å². The summed E-state index contributed by atoms with van der Waals surface area (Å²) in [6.07, 6.45) is 3.34. The van der Waals surface area contributed by atoms with Crippen molar-refractivity contribution in [2.75, 3.05) is 26.7 Å². The van der Waals surface area contributed by atoms with Gasteiger partial charge in [-0.3, -0.25) is 9.69 Å². The summed E-state index contributed by atoms with van der Waals surface area (Å²) in [4.78, 5) is 19.2. The monoisotopic (exact) mass is 283 g/mol. The fourth-order valence-electron chi connectivity index (χ4n) is 3.65. The molecule has 4 rings (SSSR count). The fraction of sp³-hybridized carbons (Fsp3) is 0.471. The number of nitrogens with one attached hydrogen (secondary N) is 1. The van der Waals surface area contributed by atoms with Crippen LogP contribution in [0.1, 0.15) is 28.0 Å². The van der Waals surface area contributed by atoms with Gasteiger partial charge in [-0.05, 0) is 49.7 Å². The second kappa shape index (κ2) is 4.97. The highest BCUT2D eigenvalue weighted by Crippen LogP contribution is 2.29. The minimum atomic E-state index is 0.675. The third-order valence-electron chi connectivity index (χ3n) is 5.15. The molecule has 3 heterocycles. The Kier molecular flexibility index (Phi) is 3.08. The first-order chi connectivity index (χ1) is 10.2. The highest BCUT2D eigenvalue weighted by atomic mass is 16.1. The second-order valence-corrected chi connectivity index (χ2v) is 6.42. The van der Waals surface area contributed by atoms with E-state index in [9.17, 15) is 4.79 Å². The van der Waals surface area contributed by atoms with Crippen LogP contribution in [0, 0.1) is 0 Å². The minimum absolute atomic E-state index is 0.675. The van der Waals surface area contributed by atoms with Gasteiger partial charge in [-0.2, -0.15) is 0 Å². The molecule has 0 saturated carbocycles. The van der Waals surface area contributed by atoms with Crippen molar-refractivity contribution in [3.05, 3.63) is 35.0 Å². The predicted octanol–water partition coefficient (Wildman–Crippen LogP) is 2.04. The molecule has 1 unspecified atom stereocenters. The first kappa shape index (κ1) is 13.0. The molecule has 2 aliphatic rings. The van der Waals surface area contributed by atoms with Gasteiger partial charge >= 0.3 is 0 Å². The van der Waals surface area contributed by atoms with Crippen molar-refractivity contribution >= 4 is 17.2 Å². The fourth-order valence-corrected chi connectivity index (χ4v) is 3.65. The summed E-state index contributed by atoms with van der Waals surface area (Å²) >= 11 is 0. The number of hydrogen-bond acceptors (Lipinski definition) is 3. The number of likely N-dealkylation sites (tertiary alicyclic amines) is 1. The number of H-pyrrole nitrogens is 1. The van der Waals surface area contributed by atoms with Gasteiger partial charge in [0.15, 0.2) is 6.29 Å². The number of carbonyl (C=O) groups is 1. The molecule has 0 amide bonds. The second-order valence-electron chi connectivity index (χ2n) is 6.42. The maximum atomic E-state index is 11.0. The van der Waals surface area contributed by atoms with E-state index < -0.39 is 0 Å². The molecular weight excluding hydrogens is 262 g/mol. The van der Waals surface area contributed by atoms with Crippen LogP contribution >= 0.6 is 0 Å². The smallest absolute Gasteiger partial charge is 0.166 e. The van der Waals surface area contributed by atoms with Crippen molar-refractivity contribution in [1.82, 2.24) is 14.8 Å². The molecule has 1 fully saturated rings. The maximum absolute atomic E-state index is 11.0. The molecule has 1 atom stereocenters. The molecule has 0 aliphatic carbocycles. The molecule has 21 heavy (non-hydrogen) atoms. The summed E-state index contributed by atoms with van der Waals surface area (Å²) in [5.74, 6) is 0. The Morgan fingerprint density at radius 2 is 2.29 bits per heavy atom. The standard InChI is InChI=1S/C17H21N3O/c1-19-6-5-14(19)9-20-7-4-12-2-3-17-15(16(12)10-20)8-13(11-21)18-17/h2-3,8,11,14,18H,4-7,9-10H2,1H3. The molecule has 4 heteroatoms. The number of aromatic nitrogens is 1. The highest BCUT2D eigenvalue weighted by Gasteiger charge is 2.28. The molecule has 1 saturated heterocycles. The van der Waals surface area contributed by atoms with Gasteiger partial charge in [0.05, 0.1) is 5.69 Å². The van der Waals surface area contributed by atoms with Gasteiger partial charge in [-0.15, -0.1) is 0 Å². The van der Waals surface area contributed by atoms with Crippen LogP contribution in [-0.4, -0.2) is 53.8 Å². The first-order valence-corrected chi connectivity index (χ1v) is 7.76. The Labute approximate surface area is 124 Å². The lowest BCUT2D eigenvalue weighted by Crippen LogP contribution is -2.51. The zero-order valence-electron chi connectivity index (χ0n) is 12.4. The number of hydrogen-bond donors (Lipinski definition) is 1. The summed E-state index contributed by atoms with van der Waals surface area (Å²) in [6.45, 7) is 4.55. The number of likely N-dealkylation sites (N-methyl/N-ethyl adjacent to an activating group) is 1. The van der Waals surface area contributed by atoms with Crippen LogP contribution in [0.4, 0.5) is 0 Å². The molecule has 0 radical (unpaired) electrons. The Morgan fingerprint density at radius 1 is 1.38 bits per heavy atom. The van der Waals surface area contributed by atoms with E-state index in [4.69, 9.17) is 0 Å². The van der Waals surface area contributed by atoms with Crippen molar-refractivity contribution < 1.29 is 4.79 Å². The minimum Gasteiger partial charge on any atom is -0.352 e. The van der Waals surface area contributed by atoms with E-state index in [2.05, 4.69) is 34.0 Å². The van der Waals surface area contributed by atoms with E-state index in [0.29, 0.717) is 5.69 Å². The average molecular weight is 283 g/mol. The number of fused-ring (bicyclic) bond motifs is 3. The summed E-state index contributed by atoms with van der Waals surface area (Å²) in [5.41, 5.74) is 4.61. The molecule has 4 nitrogen and oxygen atoms in total. The molecule has 2 aromatic rings. The Hall–Kier alpha value is -1.65. The molecular formula is C17H21N3O. The van der Waals surface area contributed by atoms with Gasteiger partial charge in [0.2, 0.25) is 0 Å². The zero-order valence-corrected chi connectivity index (χ0v) is 12.4. The van der Waals surface area contributed by atoms with Crippen molar-refractivity contribution in [2.45, 2.75) is 25.4 Å². The van der Waals surface area contributed by atoms with Crippen molar-refractivity contribution in [1.29, 1.82) is 0 Å². The van der Waals surface area contributed by atoms with Gasteiger partial charge in [-0.25, -0.2) is 0 Å². The largest absolute Gasteiger partial charge is 0.352 e. The lowest BCUT2D eigenvalue weighted by molar-refractivity contribution is 0.0774. The number of benzene rings is 1. The molecule has 0 bridgehead atoms. The van der Waals surface area contributed by atoms with E-state index >= 15 is 0 Å². The maximum Gasteiger partial charge on any atom is 0.166 e. The van der Waals surface area contributed by atoms with E-state index in [1.165, 1.54) is 29.5 Å². The Bertz CT molecular complexity index is 691. The van der Waals surface area contributed by atoms with E-state index in [1.54, 1.807) is 0 Å². The van der Waals surface area contributed by atoms with Crippen molar-refractivity contribution in [3.8, 4) is 0 Å². The van der Waals surface area contributed by atoms with Crippen LogP contribution in [0.5, 0.6) is 0 Å². The van der Waals surface area contributed by atoms with Crippen molar-refractivity contribution in [3.63, 3.8) is 0 Å². The lowest BCUT2D eigenvalue weighted by atomic mass is 9.95. The SMILES string of the molecule is CN1CCC1CN1CCc2ccc3[nH]c(C=O)cc3c2C1. The highest BCUT2D eigenvalue weighted by molar-refractivity contribution is 5.90. The topological polar surface area (TPSA) is 39.3 Å². The van der Waals surface area contributed by atoms with Gasteiger partial charge in [0.1, 0.15) is 0 Å². The Balaban J connectivity index is 1.63. The number of carbonyl (C=O) groups excluding carboxylic acids is 1. The number of rotatable bonds is 3. The van der Waals surface area contributed by atoms with E-state index in [0.717, 1.165) is 43.9 Å². The zero-order chi connectivity index (χ0) is 14.4.